The van der Waals surface area contributed by atoms with E-state index in [4.69, 9.17) is 0 Å². The van der Waals surface area contributed by atoms with Gasteiger partial charge in [0.15, 0.2) is 5.82 Å². The minimum absolute atomic E-state index is 0.655. The Balaban J connectivity index is 2.00. The minimum atomic E-state index is 0.655. The fourth-order valence-electron chi connectivity index (χ4n) is 1.73. The van der Waals surface area contributed by atoms with Gasteiger partial charge in [-0.1, -0.05) is 6.92 Å². The smallest absolute Gasteiger partial charge is 0.174 e. The Hall–Kier alpha value is -1.16. The van der Waals surface area contributed by atoms with Crippen LogP contribution in [0.5, 0.6) is 0 Å². The number of aromatic nitrogens is 3. The lowest BCUT2D eigenvalue weighted by atomic mass is 10.3. The molecule has 0 aromatic carbocycles. The van der Waals surface area contributed by atoms with Crippen molar-refractivity contribution in [2.24, 2.45) is 0 Å². The molecular weight excluding hydrogens is 206 g/mol. The third-order valence-corrected chi connectivity index (χ3v) is 3.97. The highest BCUT2D eigenvalue weighted by Gasteiger charge is 2.26. The fourth-order valence-corrected chi connectivity index (χ4v) is 2.66. The summed E-state index contributed by atoms with van der Waals surface area (Å²) in [4.78, 5) is 2.66. The maximum Gasteiger partial charge on any atom is 0.174 e. The van der Waals surface area contributed by atoms with Crippen molar-refractivity contribution in [1.29, 1.82) is 0 Å². The van der Waals surface area contributed by atoms with Gasteiger partial charge >= 0.3 is 0 Å². The Bertz CT molecular complexity index is 468. The molecule has 4 heteroatoms. The molecule has 78 valence electrons. The molecule has 3 nitrogen and oxygen atoms in total. The number of hydrogen-bond donors (Lipinski definition) is 0. The van der Waals surface area contributed by atoms with E-state index in [0.29, 0.717) is 6.04 Å². The molecule has 0 amide bonds. The van der Waals surface area contributed by atoms with Crippen LogP contribution in [-0.2, 0) is 6.42 Å². The predicted molar refractivity (Wildman–Crippen MR) is 61.0 cm³/mol. The van der Waals surface area contributed by atoms with E-state index in [0.717, 1.165) is 12.2 Å². The van der Waals surface area contributed by atoms with E-state index in [2.05, 4.69) is 33.8 Å². The number of nitrogens with zero attached hydrogens (tertiary/aromatic N) is 3. The van der Waals surface area contributed by atoms with Gasteiger partial charge in [0.2, 0.25) is 0 Å². The molecule has 2 aromatic rings. The monoisotopic (exact) mass is 219 g/mol. The zero-order valence-corrected chi connectivity index (χ0v) is 9.50. The SMILES string of the molecule is CCc1ccc(-c2nncn2C2CC2)s1. The summed E-state index contributed by atoms with van der Waals surface area (Å²) in [5.74, 6) is 1.04. The van der Waals surface area contributed by atoms with E-state index in [-0.39, 0.29) is 0 Å². The maximum absolute atomic E-state index is 4.22. The first-order valence-corrected chi connectivity index (χ1v) is 6.18. The first kappa shape index (κ1) is 9.09. The molecule has 2 heterocycles. The number of aryl methyl sites for hydroxylation is 1. The number of rotatable bonds is 3. The van der Waals surface area contributed by atoms with Crippen LogP contribution in [0.15, 0.2) is 18.5 Å². The second-order valence-corrected chi connectivity index (χ2v) is 5.08. The molecule has 0 saturated heterocycles. The van der Waals surface area contributed by atoms with Crippen LogP contribution in [0.25, 0.3) is 10.7 Å². The molecule has 1 fully saturated rings. The summed E-state index contributed by atoms with van der Waals surface area (Å²) < 4.78 is 2.21. The van der Waals surface area contributed by atoms with Crippen molar-refractivity contribution >= 4 is 11.3 Å². The molecule has 15 heavy (non-hydrogen) atoms. The highest BCUT2D eigenvalue weighted by molar-refractivity contribution is 7.15. The van der Waals surface area contributed by atoms with Crippen molar-refractivity contribution in [3.63, 3.8) is 0 Å². The molecule has 0 spiro atoms. The summed E-state index contributed by atoms with van der Waals surface area (Å²) in [6.45, 7) is 2.18. The van der Waals surface area contributed by atoms with Crippen LogP contribution in [0.2, 0.25) is 0 Å². The van der Waals surface area contributed by atoms with Crippen LogP contribution >= 0.6 is 11.3 Å². The van der Waals surface area contributed by atoms with Crippen LogP contribution in [0.3, 0.4) is 0 Å². The van der Waals surface area contributed by atoms with Gasteiger partial charge in [-0.05, 0) is 31.4 Å². The molecule has 0 aliphatic heterocycles. The zero-order valence-electron chi connectivity index (χ0n) is 8.68. The molecule has 3 rings (SSSR count). The summed E-state index contributed by atoms with van der Waals surface area (Å²) in [5, 5.41) is 8.23. The normalized spacial score (nSPS) is 15.8. The second kappa shape index (κ2) is 3.45. The third kappa shape index (κ3) is 1.59. The quantitative estimate of drug-likeness (QED) is 0.794. The number of hydrogen-bond acceptors (Lipinski definition) is 3. The van der Waals surface area contributed by atoms with Crippen molar-refractivity contribution in [1.82, 2.24) is 14.8 Å². The van der Waals surface area contributed by atoms with Crippen molar-refractivity contribution in [3.05, 3.63) is 23.3 Å². The lowest BCUT2D eigenvalue weighted by Crippen LogP contribution is -1.93. The first-order chi connectivity index (χ1) is 7.38. The van der Waals surface area contributed by atoms with E-state index < -0.39 is 0 Å². The third-order valence-electron chi connectivity index (χ3n) is 2.74. The van der Waals surface area contributed by atoms with Crippen molar-refractivity contribution in [3.8, 4) is 10.7 Å². The van der Waals surface area contributed by atoms with E-state index in [9.17, 15) is 0 Å². The van der Waals surface area contributed by atoms with E-state index in [1.807, 2.05) is 17.7 Å². The van der Waals surface area contributed by atoms with E-state index >= 15 is 0 Å². The van der Waals surface area contributed by atoms with Crippen molar-refractivity contribution in [2.45, 2.75) is 32.2 Å². The van der Waals surface area contributed by atoms with E-state index in [1.165, 1.54) is 22.6 Å². The maximum atomic E-state index is 4.22. The highest BCUT2D eigenvalue weighted by Crippen LogP contribution is 2.38. The van der Waals surface area contributed by atoms with Gasteiger partial charge in [0, 0.05) is 10.9 Å². The number of thiophene rings is 1. The Morgan fingerprint density at radius 3 is 3.00 bits per heavy atom. The molecule has 0 bridgehead atoms. The molecule has 0 atom stereocenters. The van der Waals surface area contributed by atoms with Crippen LogP contribution in [-0.4, -0.2) is 14.8 Å². The average Bonchev–Trinajstić information content (AvgIpc) is 2.83. The van der Waals surface area contributed by atoms with Gasteiger partial charge in [-0.25, -0.2) is 0 Å². The Morgan fingerprint density at radius 1 is 1.47 bits per heavy atom. The van der Waals surface area contributed by atoms with Gasteiger partial charge in [-0.2, -0.15) is 0 Å². The first-order valence-electron chi connectivity index (χ1n) is 5.37. The molecule has 2 aromatic heterocycles. The Labute approximate surface area is 92.8 Å². The summed E-state index contributed by atoms with van der Waals surface area (Å²) in [6.07, 6.45) is 5.51. The molecule has 1 aliphatic carbocycles. The fraction of sp³-hybridized carbons (Fsp3) is 0.455. The van der Waals surface area contributed by atoms with Crippen LogP contribution in [0.4, 0.5) is 0 Å². The standard InChI is InChI=1S/C11H13N3S/c1-2-9-5-6-10(15-9)11-13-12-7-14(11)8-3-4-8/h5-8H,2-4H2,1H3. The Morgan fingerprint density at radius 2 is 2.33 bits per heavy atom. The van der Waals surface area contributed by atoms with Crippen LogP contribution in [0.1, 0.15) is 30.7 Å². The lowest BCUT2D eigenvalue weighted by molar-refractivity contribution is 0.747. The van der Waals surface area contributed by atoms with Gasteiger partial charge in [0.1, 0.15) is 6.33 Å². The van der Waals surface area contributed by atoms with Gasteiger partial charge in [-0.15, -0.1) is 21.5 Å². The summed E-state index contributed by atoms with van der Waals surface area (Å²) in [6, 6.07) is 5.00. The molecule has 0 radical (unpaired) electrons. The van der Waals surface area contributed by atoms with Gasteiger partial charge in [0.25, 0.3) is 0 Å². The molecule has 1 aliphatic rings. The summed E-state index contributed by atoms with van der Waals surface area (Å²) in [5.41, 5.74) is 0. The molecule has 0 unspecified atom stereocenters. The van der Waals surface area contributed by atoms with Gasteiger partial charge < -0.3 is 4.57 Å². The van der Waals surface area contributed by atoms with Gasteiger partial charge in [-0.3, -0.25) is 0 Å². The van der Waals surface area contributed by atoms with Gasteiger partial charge in [0.05, 0.1) is 4.88 Å². The average molecular weight is 219 g/mol. The zero-order chi connectivity index (χ0) is 10.3. The Kier molecular flexibility index (Phi) is 2.09. The molecule has 1 saturated carbocycles. The lowest BCUT2D eigenvalue weighted by Gasteiger charge is -2.00. The second-order valence-electron chi connectivity index (χ2n) is 3.91. The van der Waals surface area contributed by atoms with Crippen LogP contribution in [0, 0.1) is 0 Å². The largest absolute Gasteiger partial charge is 0.310 e. The summed E-state index contributed by atoms with van der Waals surface area (Å²) in [7, 11) is 0. The highest BCUT2D eigenvalue weighted by atomic mass is 32.1. The molecule has 0 N–H and O–H groups in total. The summed E-state index contributed by atoms with van der Waals surface area (Å²) >= 11 is 1.83. The van der Waals surface area contributed by atoms with Crippen LogP contribution < -0.4 is 0 Å². The van der Waals surface area contributed by atoms with E-state index in [1.54, 1.807) is 0 Å². The van der Waals surface area contributed by atoms with Crippen molar-refractivity contribution in [2.75, 3.05) is 0 Å². The molecular formula is C11H13N3S. The minimum Gasteiger partial charge on any atom is -0.310 e. The topological polar surface area (TPSA) is 30.7 Å². The predicted octanol–water partition coefficient (Wildman–Crippen LogP) is 2.90. The van der Waals surface area contributed by atoms with Crippen molar-refractivity contribution < 1.29 is 0 Å².